The van der Waals surface area contributed by atoms with Gasteiger partial charge in [-0.15, -0.1) is 0 Å². The van der Waals surface area contributed by atoms with E-state index in [1.165, 1.54) is 6.20 Å². The average Bonchev–Trinajstić information content (AvgIpc) is 3.14. The molecule has 4 rings (SSSR count). The van der Waals surface area contributed by atoms with E-state index in [0.717, 1.165) is 5.56 Å². The van der Waals surface area contributed by atoms with Crippen LogP contribution >= 0.6 is 0 Å². The minimum atomic E-state index is -4.15. The van der Waals surface area contributed by atoms with Crippen molar-refractivity contribution in [1.82, 2.24) is 4.98 Å². The Labute approximate surface area is 192 Å². The first-order valence-corrected chi connectivity index (χ1v) is 13.2. The Kier molecular flexibility index (Phi) is 5.81. The van der Waals surface area contributed by atoms with Gasteiger partial charge in [0.1, 0.15) is 17.3 Å². The number of H-pyrrole nitrogens is 1. The number of rotatable bonds is 6. The maximum atomic E-state index is 13.2. The Hall–Kier alpha value is -3.14. The van der Waals surface area contributed by atoms with Crippen LogP contribution in [0.25, 0.3) is 10.9 Å². The molecule has 7 nitrogen and oxygen atoms in total. The summed E-state index contributed by atoms with van der Waals surface area (Å²) in [6.45, 7) is 5.45. The third kappa shape index (κ3) is 4.80. The molecular formula is C24H23NO6S2. The summed E-state index contributed by atoms with van der Waals surface area (Å²) in [5.41, 5.74) is 3.46. The number of aromatic amines is 1. The third-order valence-electron chi connectivity index (χ3n) is 5.33. The molecule has 0 spiro atoms. The summed E-state index contributed by atoms with van der Waals surface area (Å²) in [5, 5.41) is 0.506. The number of hydrogen-bond donors (Lipinski definition) is 2. The van der Waals surface area contributed by atoms with Crippen LogP contribution in [0, 0.1) is 20.8 Å². The van der Waals surface area contributed by atoms with Gasteiger partial charge in [-0.3, -0.25) is 4.55 Å². The Bertz CT molecular complexity index is 1540. The van der Waals surface area contributed by atoms with Crippen LogP contribution in [0.1, 0.15) is 22.3 Å². The number of nitrogens with one attached hydrogen (secondary N) is 1. The van der Waals surface area contributed by atoms with Crippen LogP contribution in [0.4, 0.5) is 0 Å². The molecule has 9 heteroatoms. The van der Waals surface area contributed by atoms with Crippen LogP contribution in [0.15, 0.2) is 70.6 Å². The molecule has 0 radical (unpaired) electrons. The van der Waals surface area contributed by atoms with Gasteiger partial charge in [0.2, 0.25) is 9.84 Å². The lowest BCUT2D eigenvalue weighted by atomic mass is 10.1. The van der Waals surface area contributed by atoms with E-state index in [9.17, 15) is 16.8 Å². The molecule has 1 heterocycles. The molecule has 0 fully saturated rings. The minimum absolute atomic E-state index is 0.156. The molecule has 0 saturated heterocycles. The van der Waals surface area contributed by atoms with E-state index in [1.807, 2.05) is 6.92 Å². The summed E-state index contributed by atoms with van der Waals surface area (Å²) in [6, 6.07) is 15.1. The van der Waals surface area contributed by atoms with E-state index >= 15 is 0 Å². The summed E-state index contributed by atoms with van der Waals surface area (Å²) >= 11 is 0. The van der Waals surface area contributed by atoms with E-state index in [-0.39, 0.29) is 9.79 Å². The number of ether oxygens (including phenoxy) is 1. The van der Waals surface area contributed by atoms with Crippen molar-refractivity contribution in [1.29, 1.82) is 0 Å². The SMILES string of the molecule is Cc1ccc(S(=O)(=O)c2c[nH]c3ccc(Oc4c(C)cc(CS(=O)(=O)O)cc4C)cc23)cc1. The summed E-state index contributed by atoms with van der Waals surface area (Å²) in [7, 11) is -7.88. The fourth-order valence-electron chi connectivity index (χ4n) is 3.82. The van der Waals surface area contributed by atoms with E-state index in [1.54, 1.807) is 68.4 Å². The van der Waals surface area contributed by atoms with Crippen molar-refractivity contribution in [3.05, 3.63) is 83.0 Å². The van der Waals surface area contributed by atoms with Crippen molar-refractivity contribution in [2.75, 3.05) is 0 Å². The Morgan fingerprint density at radius 1 is 0.879 bits per heavy atom. The van der Waals surface area contributed by atoms with Crippen LogP contribution in [0.2, 0.25) is 0 Å². The zero-order valence-electron chi connectivity index (χ0n) is 18.3. The van der Waals surface area contributed by atoms with Crippen molar-refractivity contribution in [3.63, 3.8) is 0 Å². The van der Waals surface area contributed by atoms with Gasteiger partial charge in [-0.25, -0.2) is 8.42 Å². The number of hydrogen-bond acceptors (Lipinski definition) is 5. The highest BCUT2D eigenvalue weighted by Gasteiger charge is 2.22. The number of aryl methyl sites for hydroxylation is 3. The van der Waals surface area contributed by atoms with E-state index < -0.39 is 25.7 Å². The number of fused-ring (bicyclic) bond motifs is 1. The van der Waals surface area contributed by atoms with Crippen molar-refractivity contribution < 1.29 is 26.1 Å². The van der Waals surface area contributed by atoms with Gasteiger partial charge in [0.25, 0.3) is 10.1 Å². The molecule has 0 saturated carbocycles. The molecular weight excluding hydrogens is 462 g/mol. The van der Waals surface area contributed by atoms with Gasteiger partial charge in [0.15, 0.2) is 0 Å². The van der Waals surface area contributed by atoms with Gasteiger partial charge in [-0.1, -0.05) is 29.8 Å². The van der Waals surface area contributed by atoms with E-state index in [0.29, 0.717) is 39.1 Å². The largest absolute Gasteiger partial charge is 0.457 e. The molecule has 0 aliphatic rings. The predicted octanol–water partition coefficient (Wildman–Crippen LogP) is 5.11. The number of aromatic nitrogens is 1. The van der Waals surface area contributed by atoms with E-state index in [4.69, 9.17) is 9.29 Å². The second kappa shape index (κ2) is 8.33. The fourth-order valence-corrected chi connectivity index (χ4v) is 5.83. The van der Waals surface area contributed by atoms with Gasteiger partial charge in [0, 0.05) is 17.1 Å². The topological polar surface area (TPSA) is 114 Å². The van der Waals surface area contributed by atoms with E-state index in [2.05, 4.69) is 4.98 Å². The zero-order chi connectivity index (χ0) is 24.0. The highest BCUT2D eigenvalue weighted by molar-refractivity contribution is 7.91. The first-order chi connectivity index (χ1) is 15.4. The Balaban J connectivity index is 1.72. The second-order valence-corrected chi connectivity index (χ2v) is 11.4. The van der Waals surface area contributed by atoms with Crippen molar-refractivity contribution >= 4 is 30.9 Å². The molecule has 172 valence electrons. The highest BCUT2D eigenvalue weighted by atomic mass is 32.2. The van der Waals surface area contributed by atoms with Crippen molar-refractivity contribution in [2.45, 2.75) is 36.3 Å². The normalized spacial score (nSPS) is 12.2. The molecule has 0 atom stereocenters. The molecule has 0 aliphatic heterocycles. The lowest BCUT2D eigenvalue weighted by Crippen LogP contribution is -2.03. The average molecular weight is 486 g/mol. The maximum absolute atomic E-state index is 13.2. The predicted molar refractivity (Wildman–Crippen MR) is 126 cm³/mol. The lowest BCUT2D eigenvalue weighted by molar-refractivity contribution is 0.474. The van der Waals surface area contributed by atoms with Crippen LogP contribution in [-0.2, 0) is 25.7 Å². The van der Waals surface area contributed by atoms with Crippen LogP contribution < -0.4 is 4.74 Å². The smallest absolute Gasteiger partial charge is 0.269 e. The highest BCUT2D eigenvalue weighted by Crippen LogP contribution is 2.35. The maximum Gasteiger partial charge on any atom is 0.269 e. The monoisotopic (exact) mass is 485 g/mol. The molecule has 2 N–H and O–H groups in total. The number of sulfone groups is 1. The molecule has 4 aromatic rings. The van der Waals surface area contributed by atoms with Gasteiger partial charge in [-0.05, 0) is 67.8 Å². The van der Waals surface area contributed by atoms with Gasteiger partial charge < -0.3 is 9.72 Å². The molecule has 33 heavy (non-hydrogen) atoms. The molecule has 0 unspecified atom stereocenters. The quantitative estimate of drug-likeness (QED) is 0.367. The van der Waals surface area contributed by atoms with Crippen molar-refractivity contribution in [2.24, 2.45) is 0 Å². The molecule has 1 aromatic heterocycles. The summed E-state index contributed by atoms with van der Waals surface area (Å²) in [5.74, 6) is 0.493. The van der Waals surface area contributed by atoms with Crippen LogP contribution in [-0.4, -0.2) is 26.4 Å². The Morgan fingerprint density at radius 3 is 2.12 bits per heavy atom. The standard InChI is InChI=1S/C24H23NO6S2/c1-15-4-7-20(8-5-15)33(29,30)23-13-25-22-9-6-19(12-21(22)23)31-24-16(2)10-18(11-17(24)3)14-32(26,27)28/h4-13,25H,14H2,1-3H3,(H,26,27,28). The van der Waals surface area contributed by atoms with Gasteiger partial charge >= 0.3 is 0 Å². The second-order valence-electron chi connectivity index (χ2n) is 8.06. The van der Waals surface area contributed by atoms with Crippen molar-refractivity contribution in [3.8, 4) is 11.5 Å². The minimum Gasteiger partial charge on any atom is -0.457 e. The summed E-state index contributed by atoms with van der Waals surface area (Å²) in [4.78, 5) is 3.37. The first-order valence-electron chi connectivity index (χ1n) is 10.1. The third-order valence-corrected chi connectivity index (χ3v) is 7.83. The molecule has 0 bridgehead atoms. The van der Waals surface area contributed by atoms with Gasteiger partial charge in [0.05, 0.1) is 9.79 Å². The summed E-state index contributed by atoms with van der Waals surface area (Å²) < 4.78 is 64.0. The van der Waals surface area contributed by atoms with Gasteiger partial charge in [-0.2, -0.15) is 8.42 Å². The Morgan fingerprint density at radius 2 is 1.52 bits per heavy atom. The fraction of sp³-hybridized carbons (Fsp3) is 0.167. The van der Waals surface area contributed by atoms with Crippen LogP contribution in [0.3, 0.4) is 0 Å². The molecule has 3 aromatic carbocycles. The lowest BCUT2D eigenvalue weighted by Gasteiger charge is -2.14. The molecule has 0 amide bonds. The number of benzene rings is 3. The first kappa shape index (κ1) is 23.0. The summed E-state index contributed by atoms with van der Waals surface area (Å²) in [6.07, 6.45) is 1.48. The van der Waals surface area contributed by atoms with Crippen LogP contribution in [0.5, 0.6) is 11.5 Å². The zero-order valence-corrected chi connectivity index (χ0v) is 19.9. The molecule has 0 aliphatic carbocycles.